The number of aromatic nitrogens is 9. The first-order chi connectivity index (χ1) is 27.9. The number of carbonyl (C=O) groups is 1. The Labute approximate surface area is 329 Å². The molecule has 2 aliphatic rings. The quantitative estimate of drug-likeness (QED) is 0.125. The van der Waals surface area contributed by atoms with Gasteiger partial charge in [-0.2, -0.15) is 27.9 Å². The van der Waals surface area contributed by atoms with Crippen LogP contribution in [0, 0.1) is 6.92 Å². The lowest BCUT2D eigenvalue weighted by Crippen LogP contribution is -2.30. The largest absolute Gasteiger partial charge is 0.490 e. The van der Waals surface area contributed by atoms with Gasteiger partial charge in [-0.15, -0.1) is 10.2 Å². The van der Waals surface area contributed by atoms with Crippen LogP contribution in [0.15, 0.2) is 85.3 Å². The van der Waals surface area contributed by atoms with Crippen molar-refractivity contribution >= 4 is 34.7 Å². The summed E-state index contributed by atoms with van der Waals surface area (Å²) in [5.74, 6) is -0.635. The van der Waals surface area contributed by atoms with Crippen molar-refractivity contribution in [1.82, 2.24) is 44.7 Å². The van der Waals surface area contributed by atoms with E-state index < -0.39 is 36.7 Å². The maximum atomic E-state index is 11.3. The minimum absolute atomic E-state index is 0.0326. The molecule has 0 bridgehead atoms. The van der Waals surface area contributed by atoms with E-state index in [9.17, 15) is 23.4 Å². The number of ether oxygens (including phenoxy) is 1. The Morgan fingerprint density at radius 1 is 0.983 bits per heavy atom. The maximum absolute atomic E-state index is 11.3. The van der Waals surface area contributed by atoms with Crippen molar-refractivity contribution in [3.8, 4) is 0 Å². The minimum Gasteiger partial charge on any atom is -0.475 e. The number of aliphatic hydroxyl groups excluding tert-OH is 2. The van der Waals surface area contributed by atoms with Gasteiger partial charge in [0.2, 0.25) is 11.8 Å². The molecule has 17 nitrogen and oxygen atoms in total. The average Bonchev–Trinajstić information content (AvgIpc) is 4.04. The molecule has 5 N–H and O–H groups in total. The van der Waals surface area contributed by atoms with Crippen LogP contribution in [0.3, 0.4) is 0 Å². The number of hydrogen-bond acceptors (Lipinski definition) is 14. The first-order valence-electron chi connectivity index (χ1n) is 18.5. The summed E-state index contributed by atoms with van der Waals surface area (Å²) in [7, 11) is 0. The second-order valence-electron chi connectivity index (χ2n) is 13.8. The second-order valence-corrected chi connectivity index (χ2v) is 13.8. The predicted octanol–water partition coefficient (Wildman–Crippen LogP) is 4.10. The summed E-state index contributed by atoms with van der Waals surface area (Å²) >= 11 is 0. The molecule has 0 saturated carbocycles. The number of nitrogens with zero attached hydrogens (tertiary/aromatic N) is 10. The standard InChI is InChI=1S/C36H40N12O3.C2HF3O2/c1-3-48-44-33(43-45-48)31-29(49)30(50)35(51-31)47-21-39-28-32(38-19-26(23-10-6-4-7-11-23)24-12-8-5-9-13-24)41-36(42-34(28)47)46-17-16-25(20-46)40-27-15-14-22(2)18-37-27;3-2(4,5)1(6)7/h4-15,18,21,25-26,29-31,35,49-50H,3,16-17,19-20H2,1-2H3,(H,37,40)(H,38,41,42);(H,6,7)/t25-,29+,30-,31+,35-;/m1./s1. The highest BCUT2D eigenvalue weighted by atomic mass is 19.4. The Kier molecular flexibility index (Phi) is 11.8. The molecule has 4 aromatic heterocycles. The Hall–Kier alpha value is -6.25. The SMILES string of the molecule is CCn1nnc([C@H]2O[C@@H](n3cnc4c(NCC(c5ccccc5)c5ccccc5)nc(N5CC[C@@H](Nc6ccc(C)cn6)C5)nc43)[C@H](O)[C@@H]2O)n1.O=C(O)C(F)(F)F. The number of fused-ring (bicyclic) bond motifs is 1. The maximum Gasteiger partial charge on any atom is 0.490 e. The van der Waals surface area contributed by atoms with Gasteiger partial charge in [0.25, 0.3) is 0 Å². The Bertz CT molecular complexity index is 2260. The summed E-state index contributed by atoms with van der Waals surface area (Å²) in [5.41, 5.74) is 4.41. The van der Waals surface area contributed by atoms with E-state index in [1.807, 2.05) is 68.6 Å². The van der Waals surface area contributed by atoms with Crippen LogP contribution in [0.25, 0.3) is 11.2 Å². The normalized spacial score (nSPS) is 20.6. The van der Waals surface area contributed by atoms with Crippen LogP contribution >= 0.6 is 0 Å². The number of aliphatic hydroxyl groups is 2. The first kappa shape index (κ1) is 40.0. The lowest BCUT2D eigenvalue weighted by Gasteiger charge is -2.22. The number of nitrogens with one attached hydrogen (secondary N) is 2. The highest BCUT2D eigenvalue weighted by Gasteiger charge is 2.47. The van der Waals surface area contributed by atoms with E-state index in [1.165, 1.54) is 15.9 Å². The smallest absolute Gasteiger partial charge is 0.475 e. The van der Waals surface area contributed by atoms with Gasteiger partial charge in [-0.05, 0) is 48.2 Å². The summed E-state index contributed by atoms with van der Waals surface area (Å²) in [6.45, 7) is 6.33. The zero-order chi connectivity index (χ0) is 41.0. The van der Waals surface area contributed by atoms with Gasteiger partial charge >= 0.3 is 12.1 Å². The summed E-state index contributed by atoms with van der Waals surface area (Å²) in [4.78, 5) is 31.7. The predicted molar refractivity (Wildman–Crippen MR) is 204 cm³/mol. The van der Waals surface area contributed by atoms with Crippen LogP contribution in [-0.4, -0.2) is 110 Å². The van der Waals surface area contributed by atoms with Crippen LogP contribution in [0.5, 0.6) is 0 Å². The van der Waals surface area contributed by atoms with Crippen LogP contribution in [0.4, 0.5) is 30.8 Å². The number of anilines is 3. The molecule has 20 heteroatoms. The molecule has 8 rings (SSSR count). The van der Waals surface area contributed by atoms with Gasteiger partial charge in [0, 0.05) is 37.8 Å². The van der Waals surface area contributed by atoms with E-state index in [0.717, 1.165) is 24.3 Å². The number of imidazole rings is 1. The lowest BCUT2D eigenvalue weighted by atomic mass is 9.91. The zero-order valence-electron chi connectivity index (χ0n) is 31.3. The molecule has 0 spiro atoms. The van der Waals surface area contributed by atoms with E-state index in [-0.39, 0.29) is 17.8 Å². The lowest BCUT2D eigenvalue weighted by molar-refractivity contribution is -0.192. The van der Waals surface area contributed by atoms with Crippen LogP contribution < -0.4 is 15.5 Å². The van der Waals surface area contributed by atoms with Crippen molar-refractivity contribution in [1.29, 1.82) is 0 Å². The number of pyridine rings is 1. The minimum atomic E-state index is -5.08. The van der Waals surface area contributed by atoms with Gasteiger partial charge in [-0.1, -0.05) is 66.7 Å². The number of carboxylic acids is 1. The molecule has 0 aliphatic carbocycles. The number of hydrogen-bond donors (Lipinski definition) is 5. The van der Waals surface area contributed by atoms with Crippen molar-refractivity contribution in [2.24, 2.45) is 0 Å². The number of carboxylic acid groups (broad SMARTS) is 1. The van der Waals surface area contributed by atoms with Crippen molar-refractivity contribution < 1.29 is 38.0 Å². The fourth-order valence-corrected chi connectivity index (χ4v) is 6.78. The van der Waals surface area contributed by atoms with Crippen LogP contribution in [0.2, 0.25) is 0 Å². The number of aryl methyl sites for hydroxylation is 2. The molecule has 0 unspecified atom stereocenters. The zero-order valence-corrected chi connectivity index (χ0v) is 31.3. The number of tetrazole rings is 1. The molecule has 0 radical (unpaired) electrons. The fourth-order valence-electron chi connectivity index (χ4n) is 6.78. The van der Waals surface area contributed by atoms with E-state index >= 15 is 0 Å². The van der Waals surface area contributed by atoms with Gasteiger partial charge in [-0.3, -0.25) is 4.57 Å². The third-order valence-electron chi connectivity index (χ3n) is 9.78. The summed E-state index contributed by atoms with van der Waals surface area (Å²) in [5, 5.41) is 49.0. The molecule has 2 fully saturated rings. The molecule has 304 valence electrons. The highest BCUT2D eigenvalue weighted by molar-refractivity contribution is 5.84. The third-order valence-corrected chi connectivity index (χ3v) is 9.78. The summed E-state index contributed by atoms with van der Waals surface area (Å²) in [6, 6.07) is 24.9. The molecule has 2 saturated heterocycles. The molecule has 0 amide bonds. The number of rotatable bonds is 11. The van der Waals surface area contributed by atoms with Gasteiger partial charge < -0.3 is 35.6 Å². The number of aliphatic carboxylic acids is 1. The van der Waals surface area contributed by atoms with E-state index in [0.29, 0.717) is 42.6 Å². The Morgan fingerprint density at radius 3 is 2.28 bits per heavy atom. The van der Waals surface area contributed by atoms with E-state index in [1.54, 1.807) is 10.9 Å². The second kappa shape index (κ2) is 17.1. The van der Waals surface area contributed by atoms with E-state index in [2.05, 4.69) is 60.2 Å². The van der Waals surface area contributed by atoms with Crippen molar-refractivity contribution in [3.63, 3.8) is 0 Å². The number of alkyl halides is 3. The summed E-state index contributed by atoms with van der Waals surface area (Å²) < 4.78 is 39.6. The molecule has 6 aromatic rings. The van der Waals surface area contributed by atoms with Crippen molar-refractivity contribution in [3.05, 3.63) is 108 Å². The molecule has 6 heterocycles. The third kappa shape index (κ3) is 8.82. The average molecular weight is 803 g/mol. The Balaban J connectivity index is 0.000000672. The molecular weight excluding hydrogens is 761 g/mol. The molecule has 2 aromatic carbocycles. The topological polar surface area (TPSA) is 214 Å². The number of halogens is 3. The molecule has 58 heavy (non-hydrogen) atoms. The van der Waals surface area contributed by atoms with Gasteiger partial charge in [0.15, 0.2) is 29.3 Å². The first-order valence-corrected chi connectivity index (χ1v) is 18.5. The van der Waals surface area contributed by atoms with E-state index in [4.69, 9.17) is 29.6 Å². The summed E-state index contributed by atoms with van der Waals surface area (Å²) in [6.07, 6.45) is -5.39. The van der Waals surface area contributed by atoms with Gasteiger partial charge in [0.1, 0.15) is 18.0 Å². The number of benzene rings is 2. The Morgan fingerprint density at radius 2 is 1.67 bits per heavy atom. The monoisotopic (exact) mass is 802 g/mol. The van der Waals surface area contributed by atoms with Gasteiger partial charge in [0.05, 0.1) is 12.9 Å². The molecule has 5 atom stereocenters. The molecule has 2 aliphatic heterocycles. The van der Waals surface area contributed by atoms with Crippen molar-refractivity contribution in [2.75, 3.05) is 35.2 Å². The fraction of sp³-hybridized carbons (Fsp3) is 0.368. The molecular formula is C38H41F3N12O5. The van der Waals surface area contributed by atoms with Crippen molar-refractivity contribution in [2.45, 2.75) is 69.5 Å². The van der Waals surface area contributed by atoms with Crippen LogP contribution in [-0.2, 0) is 16.1 Å². The van der Waals surface area contributed by atoms with Gasteiger partial charge in [-0.25, -0.2) is 14.8 Å². The highest BCUT2D eigenvalue weighted by Crippen LogP contribution is 2.39. The van der Waals surface area contributed by atoms with Crippen LogP contribution in [0.1, 0.15) is 54.1 Å².